The number of amides is 2. The zero-order valence-electron chi connectivity index (χ0n) is 18.4. The third kappa shape index (κ3) is 4.77. The summed E-state index contributed by atoms with van der Waals surface area (Å²) in [5.74, 6) is -0.703. The molecule has 3 N–H and O–H groups in total. The van der Waals surface area contributed by atoms with Crippen LogP contribution in [0.1, 0.15) is 73.6 Å². The molecule has 3 rings (SSSR count). The first kappa shape index (κ1) is 22.9. The average molecular weight is 428 g/mol. The SMILES string of the molecule is CC[C@H](CO)[NH+]=C(CCCN1C(=O)c2ccccc2C1=O)C1=C(O)CC(C)(C)CC1=O. The molecule has 31 heavy (non-hydrogen) atoms. The molecule has 2 amide bonds. The van der Waals surface area contributed by atoms with Gasteiger partial charge in [0.2, 0.25) is 0 Å². The smallest absolute Gasteiger partial charge is 0.261 e. The summed E-state index contributed by atoms with van der Waals surface area (Å²) in [6.07, 6.45) is 2.17. The van der Waals surface area contributed by atoms with Gasteiger partial charge in [-0.05, 0) is 24.0 Å². The summed E-state index contributed by atoms with van der Waals surface area (Å²) < 4.78 is 0. The van der Waals surface area contributed by atoms with Crippen LogP contribution < -0.4 is 4.99 Å². The fraction of sp³-hybridized carbons (Fsp3) is 0.500. The summed E-state index contributed by atoms with van der Waals surface area (Å²) in [5, 5.41) is 20.3. The van der Waals surface area contributed by atoms with Crippen molar-refractivity contribution in [3.63, 3.8) is 0 Å². The van der Waals surface area contributed by atoms with E-state index in [2.05, 4.69) is 4.99 Å². The van der Waals surface area contributed by atoms with Crippen LogP contribution in [0.2, 0.25) is 0 Å². The van der Waals surface area contributed by atoms with E-state index in [1.54, 1.807) is 24.3 Å². The summed E-state index contributed by atoms with van der Waals surface area (Å²) in [5.41, 5.74) is 1.36. The van der Waals surface area contributed by atoms with E-state index in [9.17, 15) is 24.6 Å². The second-order valence-electron chi connectivity index (χ2n) is 9.08. The van der Waals surface area contributed by atoms with E-state index in [-0.39, 0.29) is 53.5 Å². The molecule has 0 saturated heterocycles. The van der Waals surface area contributed by atoms with Crippen molar-refractivity contribution in [2.24, 2.45) is 5.41 Å². The first-order valence-electron chi connectivity index (χ1n) is 10.8. The number of aliphatic hydroxyl groups excluding tert-OH is 2. The minimum atomic E-state index is -0.311. The number of ketones is 1. The zero-order valence-corrected chi connectivity index (χ0v) is 18.4. The zero-order chi connectivity index (χ0) is 22.8. The highest BCUT2D eigenvalue weighted by atomic mass is 16.3. The highest BCUT2D eigenvalue weighted by Crippen LogP contribution is 2.36. The maximum Gasteiger partial charge on any atom is 0.261 e. The number of imide groups is 1. The molecule has 1 aromatic rings. The van der Waals surface area contributed by atoms with Gasteiger partial charge in [0.15, 0.2) is 17.5 Å². The van der Waals surface area contributed by atoms with E-state index < -0.39 is 0 Å². The molecule has 1 atom stereocenters. The molecule has 0 fully saturated rings. The number of fused-ring (bicyclic) bond motifs is 1. The molecular weight excluding hydrogens is 396 g/mol. The molecule has 1 aliphatic heterocycles. The van der Waals surface area contributed by atoms with E-state index >= 15 is 0 Å². The molecule has 0 saturated carbocycles. The van der Waals surface area contributed by atoms with Gasteiger partial charge in [-0.25, -0.2) is 4.99 Å². The van der Waals surface area contributed by atoms with Gasteiger partial charge >= 0.3 is 0 Å². The summed E-state index contributed by atoms with van der Waals surface area (Å²) in [6.45, 7) is 5.91. The highest BCUT2D eigenvalue weighted by molar-refractivity contribution is 6.22. The number of aliphatic hydroxyl groups is 2. The van der Waals surface area contributed by atoms with Crippen molar-refractivity contribution < 1.29 is 29.6 Å². The summed E-state index contributed by atoms with van der Waals surface area (Å²) in [4.78, 5) is 42.4. The van der Waals surface area contributed by atoms with Crippen LogP contribution in [0, 0.1) is 5.41 Å². The highest BCUT2D eigenvalue weighted by Gasteiger charge is 2.38. The number of carbonyl (C=O) groups excluding carboxylic acids is 3. The third-order valence-electron chi connectivity index (χ3n) is 5.93. The quantitative estimate of drug-likeness (QED) is 0.431. The Bertz CT molecular complexity index is 921. The molecule has 0 unspecified atom stereocenters. The predicted molar refractivity (Wildman–Crippen MR) is 116 cm³/mol. The molecule has 7 nitrogen and oxygen atoms in total. The lowest BCUT2D eigenvalue weighted by molar-refractivity contribution is -0.508. The van der Waals surface area contributed by atoms with E-state index in [0.717, 1.165) is 0 Å². The van der Waals surface area contributed by atoms with Gasteiger partial charge in [-0.3, -0.25) is 19.3 Å². The first-order chi connectivity index (χ1) is 14.7. The Labute approximate surface area is 182 Å². The van der Waals surface area contributed by atoms with Crippen LogP contribution in [0.3, 0.4) is 0 Å². The Balaban J connectivity index is 1.79. The van der Waals surface area contributed by atoms with Crippen LogP contribution in [0.15, 0.2) is 35.6 Å². The standard InChI is InChI=1S/C24H30N2O5/c1-4-15(14-27)25-18(21-19(28)12-24(2,3)13-20(21)29)10-7-11-26-22(30)16-8-5-6-9-17(16)23(26)31/h5-6,8-9,15,27-28H,4,7,10-14H2,1-3H3/p+1/t15-/m1/s1. The van der Waals surface area contributed by atoms with Crippen molar-refractivity contribution in [1.82, 2.24) is 4.90 Å². The van der Waals surface area contributed by atoms with Crippen LogP contribution >= 0.6 is 0 Å². The number of rotatable bonds is 8. The van der Waals surface area contributed by atoms with Gasteiger partial charge in [0, 0.05) is 32.2 Å². The van der Waals surface area contributed by atoms with Crippen LogP contribution in [0.5, 0.6) is 0 Å². The lowest BCUT2D eigenvalue weighted by Gasteiger charge is -2.29. The number of hydrogen-bond acceptors (Lipinski definition) is 5. The largest absolute Gasteiger partial charge is 0.511 e. The Kier molecular flexibility index (Phi) is 6.74. The number of nitrogens with zero attached hydrogens (tertiary/aromatic N) is 1. The van der Waals surface area contributed by atoms with Crippen LogP contribution in [0.25, 0.3) is 0 Å². The van der Waals surface area contributed by atoms with Crippen molar-refractivity contribution in [2.45, 2.75) is 58.9 Å². The Morgan fingerprint density at radius 1 is 1.13 bits per heavy atom. The van der Waals surface area contributed by atoms with Crippen molar-refractivity contribution in [2.75, 3.05) is 13.2 Å². The van der Waals surface area contributed by atoms with Crippen molar-refractivity contribution in [1.29, 1.82) is 0 Å². The predicted octanol–water partition coefficient (Wildman–Crippen LogP) is 1.56. The fourth-order valence-corrected chi connectivity index (χ4v) is 4.28. The number of nitrogens with one attached hydrogen (secondary N) is 1. The Morgan fingerprint density at radius 2 is 1.74 bits per heavy atom. The summed E-state index contributed by atoms with van der Waals surface area (Å²) in [6, 6.07) is 6.50. The molecular formula is C24H31N2O5+. The number of Topliss-reactive ketones (excluding diaryl/α,β-unsaturated/α-hetero) is 1. The topological polar surface area (TPSA) is 109 Å². The molecule has 7 heteroatoms. The maximum absolute atomic E-state index is 12.8. The number of allylic oxidation sites excluding steroid dienone is 2. The normalized spacial score (nSPS) is 19.8. The van der Waals surface area contributed by atoms with Crippen LogP contribution in [-0.4, -0.2) is 57.6 Å². The average Bonchev–Trinajstić information content (AvgIpc) is 2.95. The van der Waals surface area contributed by atoms with E-state index in [1.165, 1.54) is 4.90 Å². The fourth-order valence-electron chi connectivity index (χ4n) is 4.28. The van der Waals surface area contributed by atoms with Crippen LogP contribution in [-0.2, 0) is 4.79 Å². The van der Waals surface area contributed by atoms with Crippen LogP contribution in [0.4, 0.5) is 0 Å². The van der Waals surface area contributed by atoms with Gasteiger partial charge in [-0.2, -0.15) is 0 Å². The second-order valence-corrected chi connectivity index (χ2v) is 9.08. The Morgan fingerprint density at radius 3 is 2.26 bits per heavy atom. The second kappa shape index (κ2) is 9.14. The van der Waals surface area contributed by atoms with Crippen molar-refractivity contribution in [3.8, 4) is 0 Å². The monoisotopic (exact) mass is 427 g/mol. The minimum Gasteiger partial charge on any atom is -0.511 e. The molecule has 2 aliphatic rings. The summed E-state index contributed by atoms with van der Waals surface area (Å²) in [7, 11) is 0. The van der Waals surface area contributed by atoms with Gasteiger partial charge in [0.25, 0.3) is 11.8 Å². The van der Waals surface area contributed by atoms with Crippen molar-refractivity contribution in [3.05, 3.63) is 46.7 Å². The minimum absolute atomic E-state index is 0.0530. The maximum atomic E-state index is 12.8. The van der Waals surface area contributed by atoms with E-state index in [4.69, 9.17) is 0 Å². The lowest BCUT2D eigenvalue weighted by Crippen LogP contribution is -2.81. The molecule has 166 valence electrons. The van der Waals surface area contributed by atoms with Crippen molar-refractivity contribution >= 4 is 23.3 Å². The Hall–Kier alpha value is -2.80. The molecule has 0 radical (unpaired) electrons. The molecule has 0 spiro atoms. The van der Waals surface area contributed by atoms with Gasteiger partial charge in [0.05, 0.1) is 11.1 Å². The van der Waals surface area contributed by atoms with E-state index in [1.807, 2.05) is 20.8 Å². The molecule has 0 bridgehead atoms. The third-order valence-corrected chi connectivity index (χ3v) is 5.93. The molecule has 1 aromatic carbocycles. The molecule has 0 aromatic heterocycles. The van der Waals surface area contributed by atoms with Gasteiger partial charge < -0.3 is 10.2 Å². The number of benzene rings is 1. The van der Waals surface area contributed by atoms with Gasteiger partial charge in [-0.15, -0.1) is 0 Å². The number of hydrogen-bond donors (Lipinski definition) is 3. The molecule has 1 heterocycles. The van der Waals surface area contributed by atoms with E-state index in [0.29, 0.717) is 48.9 Å². The molecule has 1 aliphatic carbocycles. The number of carbonyl (C=O) groups is 3. The lowest BCUT2D eigenvalue weighted by atomic mass is 9.75. The summed E-state index contributed by atoms with van der Waals surface area (Å²) >= 11 is 0. The van der Waals surface area contributed by atoms with Gasteiger partial charge in [-0.1, -0.05) is 32.9 Å². The first-order valence-corrected chi connectivity index (χ1v) is 10.8. The van der Waals surface area contributed by atoms with Gasteiger partial charge in [0.1, 0.15) is 17.9 Å².